The lowest BCUT2D eigenvalue weighted by atomic mass is 10.0. The molecule has 0 rings (SSSR count). The Bertz CT molecular complexity index is 228. The van der Waals surface area contributed by atoms with Crippen LogP contribution in [-0.2, 0) is 0 Å². The topological polar surface area (TPSA) is 66.5 Å². The lowest BCUT2D eigenvalue weighted by Gasteiger charge is -2.12. The Balaban J connectivity index is 0. The van der Waals surface area contributed by atoms with Crippen molar-refractivity contribution in [3.63, 3.8) is 0 Å². The van der Waals surface area contributed by atoms with Crippen molar-refractivity contribution in [2.75, 3.05) is 0 Å². The Morgan fingerprint density at radius 1 is 0.583 bits per heavy atom. The summed E-state index contributed by atoms with van der Waals surface area (Å²) < 4.78 is 0. The van der Waals surface area contributed by atoms with E-state index in [0.717, 1.165) is 12.8 Å². The van der Waals surface area contributed by atoms with Gasteiger partial charge in [-0.2, -0.15) is 0 Å². The molecule has 0 aromatic carbocycles. The molecule has 0 radical (unpaired) electrons. The molecule has 0 heterocycles. The van der Waals surface area contributed by atoms with Crippen LogP contribution in [0.4, 0.5) is 0 Å². The molecule has 4 N–H and O–H groups in total. The van der Waals surface area contributed by atoms with Gasteiger partial charge in [-0.25, -0.2) is 0 Å². The van der Waals surface area contributed by atoms with Crippen molar-refractivity contribution in [1.82, 2.24) is 0 Å². The van der Waals surface area contributed by atoms with Gasteiger partial charge in [0, 0.05) is 0 Å². The first kappa shape index (κ1) is 26.4. The van der Waals surface area contributed by atoms with Gasteiger partial charge in [0.1, 0.15) is 0 Å². The first-order chi connectivity index (χ1) is 11.2. The third-order valence-corrected chi connectivity index (χ3v) is 4.77. The second-order valence-corrected chi connectivity index (χ2v) is 7.17. The maximum absolute atomic E-state index is 8.88. The van der Waals surface area contributed by atoms with Crippen molar-refractivity contribution in [2.24, 2.45) is 5.73 Å². The molecular formula is C20H44ClNO2. The molecule has 3 nitrogen and oxygen atoms in total. The zero-order valence-electron chi connectivity index (χ0n) is 16.1. The maximum atomic E-state index is 8.88. The minimum absolute atomic E-state index is 0. The highest BCUT2D eigenvalue weighted by molar-refractivity contribution is 5.85. The zero-order valence-corrected chi connectivity index (χ0v) is 16.9. The van der Waals surface area contributed by atoms with E-state index in [0.29, 0.717) is 0 Å². The highest BCUT2D eigenvalue weighted by atomic mass is 35.5. The van der Waals surface area contributed by atoms with Crippen molar-refractivity contribution in [2.45, 2.75) is 128 Å². The first-order valence-corrected chi connectivity index (χ1v) is 10.3. The molecule has 4 heteroatoms. The van der Waals surface area contributed by atoms with Gasteiger partial charge in [-0.1, -0.05) is 110 Å². The monoisotopic (exact) mass is 365 g/mol. The molecule has 148 valence electrons. The summed E-state index contributed by atoms with van der Waals surface area (Å²) in [4.78, 5) is 0. The zero-order chi connectivity index (χ0) is 17.2. The standard InChI is InChI=1S/C20H43NO2.ClH/c1-2-3-4-5-6-7-8-9-10-11-12-13-14-15-16-17-18-19(21)20(22)23;/h19-20,22-23H,2-18,21H2,1H3;1H. The molecule has 0 spiro atoms. The van der Waals surface area contributed by atoms with E-state index in [4.69, 9.17) is 15.9 Å². The van der Waals surface area contributed by atoms with Gasteiger partial charge in [0.15, 0.2) is 6.29 Å². The average Bonchev–Trinajstić information content (AvgIpc) is 2.54. The number of unbranched alkanes of at least 4 members (excludes halogenated alkanes) is 15. The largest absolute Gasteiger partial charge is 0.367 e. The fraction of sp³-hybridized carbons (Fsp3) is 1.00. The Morgan fingerprint density at radius 3 is 1.17 bits per heavy atom. The minimum atomic E-state index is -1.36. The normalized spacial score (nSPS) is 12.4. The summed E-state index contributed by atoms with van der Waals surface area (Å²) in [6.45, 7) is 2.28. The summed E-state index contributed by atoms with van der Waals surface area (Å²) in [7, 11) is 0. The van der Waals surface area contributed by atoms with E-state index in [1.54, 1.807) is 0 Å². The fourth-order valence-corrected chi connectivity index (χ4v) is 3.08. The minimum Gasteiger partial charge on any atom is -0.367 e. The van der Waals surface area contributed by atoms with Crippen LogP contribution in [0.2, 0.25) is 0 Å². The predicted octanol–water partition coefficient (Wildman–Crippen LogP) is 5.70. The number of rotatable bonds is 18. The Hall–Kier alpha value is 0.170. The summed E-state index contributed by atoms with van der Waals surface area (Å²) in [5, 5.41) is 17.8. The van der Waals surface area contributed by atoms with Gasteiger partial charge in [-0.15, -0.1) is 12.4 Å². The molecule has 0 bridgehead atoms. The van der Waals surface area contributed by atoms with Crippen LogP contribution in [0.3, 0.4) is 0 Å². The van der Waals surface area contributed by atoms with Gasteiger partial charge in [-0.05, 0) is 6.42 Å². The van der Waals surface area contributed by atoms with Crippen LogP contribution < -0.4 is 5.73 Å². The van der Waals surface area contributed by atoms with Crippen LogP contribution in [0.15, 0.2) is 0 Å². The molecule has 0 fully saturated rings. The molecule has 1 unspecified atom stereocenters. The molecule has 0 aliphatic heterocycles. The number of hydrogen-bond acceptors (Lipinski definition) is 3. The molecule has 0 amide bonds. The van der Waals surface area contributed by atoms with Crippen molar-refractivity contribution in [3.05, 3.63) is 0 Å². The van der Waals surface area contributed by atoms with Crippen LogP contribution in [0.25, 0.3) is 0 Å². The molecule has 0 aromatic rings. The second kappa shape index (κ2) is 21.2. The maximum Gasteiger partial charge on any atom is 0.166 e. The smallest absolute Gasteiger partial charge is 0.166 e. The van der Waals surface area contributed by atoms with E-state index < -0.39 is 12.3 Å². The summed E-state index contributed by atoms with van der Waals surface area (Å²) in [6, 6.07) is -0.471. The molecule has 24 heavy (non-hydrogen) atoms. The number of halogens is 1. The van der Waals surface area contributed by atoms with E-state index in [-0.39, 0.29) is 12.4 Å². The summed E-state index contributed by atoms with van der Waals surface area (Å²) >= 11 is 0. The molecule has 0 saturated heterocycles. The lowest BCUT2D eigenvalue weighted by molar-refractivity contribution is -0.0599. The van der Waals surface area contributed by atoms with Crippen molar-refractivity contribution < 1.29 is 10.2 Å². The molecule has 0 aromatic heterocycles. The highest BCUT2D eigenvalue weighted by Crippen LogP contribution is 2.14. The van der Waals surface area contributed by atoms with Crippen LogP contribution in [0.5, 0.6) is 0 Å². The molecule has 0 aliphatic carbocycles. The summed E-state index contributed by atoms with van der Waals surface area (Å²) in [6.07, 6.45) is 21.0. The number of nitrogens with two attached hydrogens (primary N) is 1. The van der Waals surface area contributed by atoms with Crippen LogP contribution in [0, 0.1) is 0 Å². The summed E-state index contributed by atoms with van der Waals surface area (Å²) in [5.74, 6) is 0. The van der Waals surface area contributed by atoms with Crippen molar-refractivity contribution >= 4 is 12.4 Å². The quantitative estimate of drug-likeness (QED) is 0.215. The van der Waals surface area contributed by atoms with E-state index in [1.807, 2.05) is 0 Å². The Labute approximate surface area is 157 Å². The van der Waals surface area contributed by atoms with E-state index in [9.17, 15) is 0 Å². The van der Waals surface area contributed by atoms with Crippen molar-refractivity contribution in [1.29, 1.82) is 0 Å². The third kappa shape index (κ3) is 20.2. The summed E-state index contributed by atoms with van der Waals surface area (Å²) in [5.41, 5.74) is 5.58. The van der Waals surface area contributed by atoms with Gasteiger partial charge >= 0.3 is 0 Å². The SMILES string of the molecule is CCCCCCCCCCCCCCCCCCC(N)C(O)O.Cl. The average molecular weight is 366 g/mol. The number of aliphatic hydroxyl groups excluding tert-OH is 1. The number of hydrogen-bond donors (Lipinski definition) is 3. The van der Waals surface area contributed by atoms with Gasteiger partial charge in [0.25, 0.3) is 0 Å². The molecule has 1 atom stereocenters. The van der Waals surface area contributed by atoms with Gasteiger partial charge in [0.05, 0.1) is 6.04 Å². The lowest BCUT2D eigenvalue weighted by Crippen LogP contribution is -2.34. The highest BCUT2D eigenvalue weighted by Gasteiger charge is 2.09. The molecule has 0 aliphatic rings. The van der Waals surface area contributed by atoms with Gasteiger partial charge in [-0.3, -0.25) is 0 Å². The van der Waals surface area contributed by atoms with E-state index >= 15 is 0 Å². The predicted molar refractivity (Wildman–Crippen MR) is 108 cm³/mol. The second-order valence-electron chi connectivity index (χ2n) is 7.17. The van der Waals surface area contributed by atoms with Crippen molar-refractivity contribution in [3.8, 4) is 0 Å². The molecular weight excluding hydrogens is 322 g/mol. The van der Waals surface area contributed by atoms with Gasteiger partial charge < -0.3 is 15.9 Å². The van der Waals surface area contributed by atoms with Crippen LogP contribution in [0.1, 0.15) is 116 Å². The molecule has 0 saturated carbocycles. The number of aliphatic hydroxyl groups is 2. The van der Waals surface area contributed by atoms with Crippen LogP contribution in [-0.4, -0.2) is 22.5 Å². The Kier molecular flexibility index (Phi) is 23.3. The first-order valence-electron chi connectivity index (χ1n) is 10.3. The Morgan fingerprint density at radius 2 is 0.875 bits per heavy atom. The van der Waals surface area contributed by atoms with E-state index in [2.05, 4.69) is 6.92 Å². The van der Waals surface area contributed by atoms with Crippen LogP contribution >= 0.6 is 12.4 Å². The van der Waals surface area contributed by atoms with Gasteiger partial charge in [0.2, 0.25) is 0 Å². The van der Waals surface area contributed by atoms with E-state index in [1.165, 1.54) is 96.3 Å². The fourth-order valence-electron chi connectivity index (χ4n) is 3.08. The third-order valence-electron chi connectivity index (χ3n) is 4.77.